The van der Waals surface area contributed by atoms with Crippen molar-refractivity contribution in [2.24, 2.45) is 0 Å². The molecule has 3 aromatic rings. The fraction of sp³-hybridized carbons (Fsp3) is 0.304. The van der Waals surface area contributed by atoms with Crippen LogP contribution in [0.4, 0.5) is 13.2 Å². The summed E-state index contributed by atoms with van der Waals surface area (Å²) in [5.41, 5.74) is 4.39. The van der Waals surface area contributed by atoms with E-state index >= 15 is 0 Å². The summed E-state index contributed by atoms with van der Waals surface area (Å²) in [5.74, 6) is -3.50. The average molecular weight is 429 g/mol. The van der Waals surface area contributed by atoms with E-state index in [1.807, 2.05) is 24.3 Å². The van der Waals surface area contributed by atoms with E-state index in [1.54, 1.807) is 12.0 Å². The molecule has 162 valence electrons. The van der Waals surface area contributed by atoms with Gasteiger partial charge in [0.15, 0.2) is 0 Å². The minimum absolute atomic E-state index is 0.397. The van der Waals surface area contributed by atoms with Crippen molar-refractivity contribution in [1.82, 2.24) is 15.1 Å². The van der Waals surface area contributed by atoms with Gasteiger partial charge in [-0.25, -0.2) is 13.2 Å². The van der Waals surface area contributed by atoms with Crippen LogP contribution < -0.4 is 0 Å². The minimum atomic E-state index is -1.05. The summed E-state index contributed by atoms with van der Waals surface area (Å²) in [6.45, 7) is 1.31. The van der Waals surface area contributed by atoms with E-state index in [1.165, 1.54) is 0 Å². The molecule has 0 saturated heterocycles. The molecule has 0 spiro atoms. The highest BCUT2D eigenvalue weighted by Gasteiger charge is 2.25. The van der Waals surface area contributed by atoms with Crippen molar-refractivity contribution in [2.45, 2.75) is 25.9 Å². The van der Waals surface area contributed by atoms with Crippen LogP contribution in [-0.4, -0.2) is 41.2 Å². The Balaban J connectivity index is 1.50. The number of methoxy groups -OCH3 is 1. The number of hydrogen-bond donors (Lipinski definition) is 1. The lowest BCUT2D eigenvalue weighted by molar-refractivity contribution is -0.130. The van der Waals surface area contributed by atoms with Gasteiger partial charge in [-0.05, 0) is 18.1 Å². The molecule has 31 heavy (non-hydrogen) atoms. The number of halogens is 3. The molecule has 8 heteroatoms. The van der Waals surface area contributed by atoms with Gasteiger partial charge in [0.05, 0.1) is 18.7 Å². The molecule has 0 unspecified atom stereocenters. The number of aromatic nitrogens is 2. The quantitative estimate of drug-likeness (QED) is 0.671. The summed E-state index contributed by atoms with van der Waals surface area (Å²) in [7, 11) is 1.64. The first-order valence-corrected chi connectivity index (χ1v) is 10.0. The molecule has 0 radical (unpaired) electrons. The number of nitrogens with zero attached hydrogens (tertiary/aromatic N) is 2. The number of fused-ring (bicyclic) bond motifs is 1. The zero-order chi connectivity index (χ0) is 22.0. The molecular weight excluding hydrogens is 407 g/mol. The number of carbonyl (C=O) groups is 1. The molecule has 0 bridgehead atoms. The van der Waals surface area contributed by atoms with Gasteiger partial charge in [0.25, 0.3) is 0 Å². The van der Waals surface area contributed by atoms with Crippen molar-refractivity contribution in [3.63, 3.8) is 0 Å². The minimum Gasteiger partial charge on any atom is -0.380 e. The van der Waals surface area contributed by atoms with Crippen molar-refractivity contribution in [3.8, 4) is 11.3 Å². The third-order valence-corrected chi connectivity index (χ3v) is 5.51. The van der Waals surface area contributed by atoms with E-state index < -0.39 is 35.3 Å². The number of nitrogens with one attached hydrogen (secondary N) is 1. The van der Waals surface area contributed by atoms with E-state index in [2.05, 4.69) is 10.2 Å². The number of rotatable bonds is 5. The first-order chi connectivity index (χ1) is 15.0. The van der Waals surface area contributed by atoms with Crippen molar-refractivity contribution in [2.75, 3.05) is 20.2 Å². The molecule has 1 aromatic heterocycles. The van der Waals surface area contributed by atoms with Crippen molar-refractivity contribution in [3.05, 3.63) is 76.2 Å². The lowest BCUT2D eigenvalue weighted by atomic mass is 10.0. The van der Waals surface area contributed by atoms with Crippen LogP contribution in [-0.2, 0) is 35.4 Å². The molecule has 2 aromatic carbocycles. The van der Waals surface area contributed by atoms with Crippen LogP contribution in [0.25, 0.3) is 11.3 Å². The summed E-state index contributed by atoms with van der Waals surface area (Å²) < 4.78 is 46.2. The second kappa shape index (κ2) is 8.93. The first kappa shape index (κ1) is 21.1. The van der Waals surface area contributed by atoms with Gasteiger partial charge in [-0.15, -0.1) is 0 Å². The number of amides is 1. The third kappa shape index (κ3) is 4.49. The largest absolute Gasteiger partial charge is 0.380 e. The van der Waals surface area contributed by atoms with Gasteiger partial charge >= 0.3 is 0 Å². The highest BCUT2D eigenvalue weighted by molar-refractivity contribution is 5.79. The molecule has 0 atom stereocenters. The highest BCUT2D eigenvalue weighted by atomic mass is 19.1. The van der Waals surface area contributed by atoms with E-state index in [-0.39, 0.29) is 0 Å². The van der Waals surface area contributed by atoms with E-state index in [4.69, 9.17) is 4.74 Å². The molecule has 0 fully saturated rings. The maximum absolute atomic E-state index is 13.9. The molecule has 4 rings (SSSR count). The number of aromatic amines is 1. The zero-order valence-electron chi connectivity index (χ0n) is 17.1. The van der Waals surface area contributed by atoms with Crippen LogP contribution in [0.1, 0.15) is 22.4 Å². The Morgan fingerprint density at radius 2 is 1.87 bits per heavy atom. The lowest BCUT2D eigenvalue weighted by Gasteiger charge is -2.20. The Bertz CT molecular complexity index is 1090. The van der Waals surface area contributed by atoms with Crippen molar-refractivity contribution in [1.29, 1.82) is 0 Å². The molecule has 2 heterocycles. The Hall–Kier alpha value is -3.13. The molecule has 1 aliphatic heterocycles. The summed E-state index contributed by atoms with van der Waals surface area (Å²) in [4.78, 5) is 14.3. The molecule has 0 aliphatic carbocycles. The fourth-order valence-corrected chi connectivity index (χ4v) is 3.95. The molecule has 1 N–H and O–H groups in total. The first-order valence-electron chi connectivity index (χ1n) is 10.0. The standard InChI is InChI=1S/C23H22F3N3O2/c1-31-13-14-3-2-4-15(9-14)23-17-5-7-29(8-6-21(17)27-28-23)22(30)12-18-19(25)10-16(24)11-20(18)26/h2-4,9-11H,5-8,12-13H2,1H3,(H,27,28). The summed E-state index contributed by atoms with van der Waals surface area (Å²) in [5, 5.41) is 7.55. The Labute approximate surface area is 177 Å². The number of ether oxygens (including phenoxy) is 1. The zero-order valence-corrected chi connectivity index (χ0v) is 17.1. The maximum Gasteiger partial charge on any atom is 0.227 e. The second-order valence-corrected chi connectivity index (χ2v) is 7.57. The lowest BCUT2D eigenvalue weighted by Crippen LogP contribution is -2.35. The summed E-state index contributed by atoms with van der Waals surface area (Å²) >= 11 is 0. The van der Waals surface area contributed by atoms with E-state index in [0.29, 0.717) is 44.7 Å². The Morgan fingerprint density at radius 1 is 1.13 bits per heavy atom. The smallest absolute Gasteiger partial charge is 0.227 e. The Kier molecular flexibility index (Phi) is 6.08. The van der Waals surface area contributed by atoms with Gasteiger partial charge in [-0.1, -0.05) is 18.2 Å². The van der Waals surface area contributed by atoms with Crippen molar-refractivity contribution >= 4 is 5.91 Å². The van der Waals surface area contributed by atoms with E-state index in [0.717, 1.165) is 28.1 Å². The van der Waals surface area contributed by atoms with E-state index in [9.17, 15) is 18.0 Å². The number of hydrogen-bond acceptors (Lipinski definition) is 3. The van der Waals surface area contributed by atoms with Gasteiger partial charge in [-0.3, -0.25) is 9.89 Å². The SMILES string of the molecule is COCc1cccc(-c2n[nH]c3c2CCN(C(=O)Cc2c(F)cc(F)cc2F)CC3)c1. The normalized spacial score (nSPS) is 13.7. The molecule has 1 aliphatic rings. The second-order valence-electron chi connectivity index (χ2n) is 7.57. The van der Waals surface area contributed by atoms with Crippen LogP contribution >= 0.6 is 0 Å². The van der Waals surface area contributed by atoms with Crippen LogP contribution in [0.5, 0.6) is 0 Å². The van der Waals surface area contributed by atoms with Gasteiger partial charge < -0.3 is 9.64 Å². The Morgan fingerprint density at radius 3 is 2.61 bits per heavy atom. The van der Waals surface area contributed by atoms with Crippen molar-refractivity contribution < 1.29 is 22.7 Å². The molecule has 0 saturated carbocycles. The average Bonchev–Trinajstić information content (AvgIpc) is 3.02. The third-order valence-electron chi connectivity index (χ3n) is 5.51. The topological polar surface area (TPSA) is 58.2 Å². The van der Waals surface area contributed by atoms with Gasteiger partial charge in [0.1, 0.15) is 17.5 Å². The molecule has 1 amide bonds. The number of H-pyrrole nitrogens is 1. The maximum atomic E-state index is 13.9. The number of carbonyl (C=O) groups excluding carboxylic acids is 1. The summed E-state index contributed by atoms with van der Waals surface area (Å²) in [6.07, 6.45) is 0.673. The van der Waals surface area contributed by atoms with Crippen LogP contribution in [0.3, 0.4) is 0 Å². The predicted molar refractivity (Wildman–Crippen MR) is 109 cm³/mol. The molecule has 5 nitrogen and oxygen atoms in total. The van der Waals surface area contributed by atoms with Gasteiger partial charge in [-0.2, -0.15) is 5.10 Å². The number of benzene rings is 2. The molecular formula is C23H22F3N3O2. The summed E-state index contributed by atoms with van der Waals surface area (Å²) in [6, 6.07) is 9.11. The van der Waals surface area contributed by atoms with Gasteiger partial charge in [0.2, 0.25) is 5.91 Å². The highest BCUT2D eigenvalue weighted by Crippen LogP contribution is 2.28. The monoisotopic (exact) mass is 429 g/mol. The van der Waals surface area contributed by atoms with Crippen LogP contribution in [0.2, 0.25) is 0 Å². The predicted octanol–water partition coefficient (Wildman–Crippen LogP) is 3.81. The fourth-order valence-electron chi connectivity index (χ4n) is 3.95. The van der Waals surface area contributed by atoms with Gasteiger partial charge in [0, 0.05) is 61.1 Å². The van der Waals surface area contributed by atoms with Crippen LogP contribution in [0, 0.1) is 17.5 Å². The van der Waals surface area contributed by atoms with Crippen LogP contribution in [0.15, 0.2) is 36.4 Å².